The minimum absolute atomic E-state index is 0.0355. The fourth-order valence-corrected chi connectivity index (χ4v) is 2.31. The lowest BCUT2D eigenvalue weighted by atomic mass is 10.1. The SMILES string of the molecule is CNC1CCC(=O)N2CCC(C)N2C1=O. The minimum Gasteiger partial charge on any atom is -0.309 e. The van der Waals surface area contributed by atoms with Gasteiger partial charge in [0.1, 0.15) is 0 Å². The summed E-state index contributed by atoms with van der Waals surface area (Å²) in [5.74, 6) is 0.110. The third-order valence-electron chi connectivity index (χ3n) is 3.24. The first-order valence-electron chi connectivity index (χ1n) is 5.45. The summed E-state index contributed by atoms with van der Waals surface area (Å²) in [6.45, 7) is 2.67. The van der Waals surface area contributed by atoms with E-state index in [4.69, 9.17) is 0 Å². The highest BCUT2D eigenvalue weighted by Gasteiger charge is 2.40. The number of carbonyl (C=O) groups is 2. The maximum atomic E-state index is 12.1. The molecule has 0 bridgehead atoms. The van der Waals surface area contributed by atoms with Crippen LogP contribution < -0.4 is 5.32 Å². The maximum Gasteiger partial charge on any atom is 0.258 e. The van der Waals surface area contributed by atoms with E-state index < -0.39 is 0 Å². The van der Waals surface area contributed by atoms with Crippen LogP contribution in [0.5, 0.6) is 0 Å². The van der Waals surface area contributed by atoms with Crippen LogP contribution in [0.1, 0.15) is 26.2 Å². The van der Waals surface area contributed by atoms with Crippen molar-refractivity contribution < 1.29 is 9.59 Å². The second-order valence-electron chi connectivity index (χ2n) is 4.22. The van der Waals surface area contributed by atoms with Crippen molar-refractivity contribution in [3.63, 3.8) is 0 Å². The number of carbonyl (C=O) groups excluding carboxylic acids is 2. The van der Waals surface area contributed by atoms with E-state index in [-0.39, 0.29) is 23.9 Å². The van der Waals surface area contributed by atoms with Gasteiger partial charge in [-0.2, -0.15) is 0 Å². The standard InChI is InChI=1S/C10H17N3O2/c1-7-5-6-12-9(14)4-3-8(11-2)10(15)13(7)12/h7-8,11H,3-6H2,1-2H3. The predicted octanol–water partition coefficient (Wildman–Crippen LogP) is -0.267. The van der Waals surface area contributed by atoms with Crippen molar-refractivity contribution in [1.82, 2.24) is 15.3 Å². The second kappa shape index (κ2) is 3.81. The minimum atomic E-state index is -0.209. The lowest BCUT2D eigenvalue weighted by Crippen LogP contribution is -2.51. The van der Waals surface area contributed by atoms with Gasteiger partial charge in [0, 0.05) is 13.0 Å². The Hall–Kier alpha value is -1.10. The van der Waals surface area contributed by atoms with Crippen LogP contribution in [0.2, 0.25) is 0 Å². The summed E-state index contributed by atoms with van der Waals surface area (Å²) >= 11 is 0. The van der Waals surface area contributed by atoms with E-state index in [9.17, 15) is 9.59 Å². The van der Waals surface area contributed by atoms with Crippen LogP contribution in [0, 0.1) is 0 Å². The van der Waals surface area contributed by atoms with Gasteiger partial charge in [0.05, 0.1) is 12.1 Å². The van der Waals surface area contributed by atoms with Crippen LogP contribution in [0.15, 0.2) is 0 Å². The number of fused-ring (bicyclic) bond motifs is 1. The molecule has 2 aliphatic rings. The molecule has 2 atom stereocenters. The second-order valence-corrected chi connectivity index (χ2v) is 4.22. The molecule has 15 heavy (non-hydrogen) atoms. The van der Waals surface area contributed by atoms with Crippen LogP contribution in [0.25, 0.3) is 0 Å². The van der Waals surface area contributed by atoms with Crippen LogP contribution >= 0.6 is 0 Å². The van der Waals surface area contributed by atoms with Crippen molar-refractivity contribution in [3.8, 4) is 0 Å². The van der Waals surface area contributed by atoms with Crippen LogP contribution in [0.3, 0.4) is 0 Å². The molecule has 0 saturated carbocycles. The third-order valence-corrected chi connectivity index (χ3v) is 3.24. The molecular formula is C10H17N3O2. The van der Waals surface area contributed by atoms with Crippen LogP contribution in [0.4, 0.5) is 0 Å². The summed E-state index contributed by atoms with van der Waals surface area (Å²) in [4.78, 5) is 23.8. The first-order chi connectivity index (χ1) is 7.15. The van der Waals surface area contributed by atoms with Gasteiger partial charge in [-0.05, 0) is 26.8 Å². The molecule has 0 aromatic heterocycles. The van der Waals surface area contributed by atoms with Crippen molar-refractivity contribution >= 4 is 11.8 Å². The number of hydrazine groups is 1. The molecule has 5 heteroatoms. The molecule has 0 spiro atoms. The zero-order chi connectivity index (χ0) is 11.0. The topological polar surface area (TPSA) is 52.7 Å². The molecular weight excluding hydrogens is 194 g/mol. The molecule has 84 valence electrons. The van der Waals surface area contributed by atoms with Crippen molar-refractivity contribution in [2.75, 3.05) is 13.6 Å². The Balaban J connectivity index is 2.26. The van der Waals surface area contributed by atoms with Gasteiger partial charge >= 0.3 is 0 Å². The molecule has 0 aromatic rings. The van der Waals surface area contributed by atoms with E-state index in [1.54, 1.807) is 17.1 Å². The number of amides is 2. The van der Waals surface area contributed by atoms with Gasteiger partial charge < -0.3 is 5.32 Å². The van der Waals surface area contributed by atoms with Gasteiger partial charge in [0.25, 0.3) is 5.91 Å². The summed E-state index contributed by atoms with van der Waals surface area (Å²) in [6, 6.07) is -0.0603. The molecule has 0 aromatic carbocycles. The van der Waals surface area contributed by atoms with Gasteiger partial charge in [0.15, 0.2) is 0 Å². The summed E-state index contributed by atoms with van der Waals surface area (Å²) in [6.07, 6.45) is 1.95. The highest BCUT2D eigenvalue weighted by atomic mass is 16.2. The smallest absolute Gasteiger partial charge is 0.258 e. The van der Waals surface area contributed by atoms with E-state index >= 15 is 0 Å². The molecule has 2 amide bonds. The number of nitrogens with zero attached hydrogens (tertiary/aromatic N) is 2. The number of hydrogen-bond donors (Lipinski definition) is 1. The number of likely N-dealkylation sites (N-methyl/N-ethyl adjacent to an activating group) is 1. The van der Waals surface area contributed by atoms with E-state index in [1.165, 1.54) is 0 Å². The monoisotopic (exact) mass is 211 g/mol. The predicted molar refractivity (Wildman–Crippen MR) is 54.7 cm³/mol. The average Bonchev–Trinajstić information content (AvgIpc) is 2.54. The zero-order valence-corrected chi connectivity index (χ0v) is 9.19. The summed E-state index contributed by atoms with van der Waals surface area (Å²) in [7, 11) is 1.77. The maximum absolute atomic E-state index is 12.1. The van der Waals surface area contributed by atoms with E-state index in [2.05, 4.69) is 5.32 Å². The van der Waals surface area contributed by atoms with Gasteiger partial charge in [-0.3, -0.25) is 14.6 Å². The Kier molecular flexibility index (Phi) is 2.65. The molecule has 2 rings (SSSR count). The van der Waals surface area contributed by atoms with Crippen LogP contribution in [-0.4, -0.2) is 47.5 Å². The quantitative estimate of drug-likeness (QED) is 0.649. The third kappa shape index (κ3) is 1.61. The summed E-state index contributed by atoms with van der Waals surface area (Å²) in [5, 5.41) is 6.23. The van der Waals surface area contributed by atoms with E-state index in [1.807, 2.05) is 6.92 Å². The van der Waals surface area contributed by atoms with Crippen molar-refractivity contribution in [3.05, 3.63) is 0 Å². The molecule has 2 heterocycles. The van der Waals surface area contributed by atoms with Crippen molar-refractivity contribution in [2.24, 2.45) is 0 Å². The largest absolute Gasteiger partial charge is 0.309 e. The Morgan fingerprint density at radius 2 is 2.07 bits per heavy atom. The fourth-order valence-electron chi connectivity index (χ4n) is 2.31. The molecule has 2 fully saturated rings. The molecule has 2 aliphatic heterocycles. The van der Waals surface area contributed by atoms with Crippen LogP contribution in [-0.2, 0) is 9.59 Å². The molecule has 0 radical (unpaired) electrons. The molecule has 5 nitrogen and oxygen atoms in total. The molecule has 2 saturated heterocycles. The van der Waals surface area contributed by atoms with Gasteiger partial charge in [-0.1, -0.05) is 0 Å². The summed E-state index contributed by atoms with van der Waals surface area (Å²) < 4.78 is 0. The fraction of sp³-hybridized carbons (Fsp3) is 0.800. The Morgan fingerprint density at radius 1 is 1.33 bits per heavy atom. The molecule has 1 N–H and O–H groups in total. The van der Waals surface area contributed by atoms with Crippen molar-refractivity contribution in [1.29, 1.82) is 0 Å². The lowest BCUT2D eigenvalue weighted by molar-refractivity contribution is -0.158. The first kappa shape index (κ1) is 10.4. The lowest BCUT2D eigenvalue weighted by Gasteiger charge is -2.30. The Morgan fingerprint density at radius 3 is 2.73 bits per heavy atom. The normalized spacial score (nSPS) is 31.9. The average molecular weight is 211 g/mol. The van der Waals surface area contributed by atoms with Gasteiger partial charge in [0.2, 0.25) is 5.91 Å². The number of hydrogen-bond acceptors (Lipinski definition) is 3. The van der Waals surface area contributed by atoms with Gasteiger partial charge in [-0.25, -0.2) is 5.01 Å². The molecule has 2 unspecified atom stereocenters. The first-order valence-corrected chi connectivity index (χ1v) is 5.45. The highest BCUT2D eigenvalue weighted by molar-refractivity contribution is 5.88. The number of nitrogens with one attached hydrogen (secondary N) is 1. The summed E-state index contributed by atoms with van der Waals surface area (Å²) in [5.41, 5.74) is 0. The Bertz CT molecular complexity index is 292. The van der Waals surface area contributed by atoms with Gasteiger partial charge in [-0.15, -0.1) is 0 Å². The van der Waals surface area contributed by atoms with E-state index in [0.29, 0.717) is 19.4 Å². The Labute approximate surface area is 89.4 Å². The molecule has 0 aliphatic carbocycles. The zero-order valence-electron chi connectivity index (χ0n) is 9.19. The highest BCUT2D eigenvalue weighted by Crippen LogP contribution is 2.24. The number of rotatable bonds is 1. The van der Waals surface area contributed by atoms with Crippen molar-refractivity contribution in [2.45, 2.75) is 38.3 Å². The van der Waals surface area contributed by atoms with E-state index in [0.717, 1.165) is 6.42 Å².